The fraction of sp³-hybridized carbons (Fsp3) is 0.467. The second kappa shape index (κ2) is 8.46. The normalized spacial score (nSPS) is 13.1. The van der Waals surface area contributed by atoms with Crippen LogP contribution in [0.3, 0.4) is 0 Å². The summed E-state index contributed by atoms with van der Waals surface area (Å²) >= 11 is 1.80. The molecule has 0 fully saturated rings. The SMILES string of the molecule is CN=C(NCCCn1ccnc1)NCC(C)c1cccs1. The number of imidazole rings is 1. The van der Waals surface area contributed by atoms with E-state index in [0.717, 1.165) is 32.0 Å². The molecule has 0 bridgehead atoms. The number of hydrogen-bond donors (Lipinski definition) is 2. The highest BCUT2D eigenvalue weighted by Crippen LogP contribution is 2.19. The molecule has 0 aliphatic carbocycles. The molecule has 1 atom stereocenters. The van der Waals surface area contributed by atoms with Crippen LogP contribution in [0.5, 0.6) is 0 Å². The lowest BCUT2D eigenvalue weighted by molar-refractivity contribution is 0.621. The van der Waals surface area contributed by atoms with E-state index in [9.17, 15) is 0 Å². The Morgan fingerprint density at radius 1 is 1.48 bits per heavy atom. The second-order valence-electron chi connectivity index (χ2n) is 4.95. The van der Waals surface area contributed by atoms with Gasteiger partial charge in [0, 0.05) is 49.9 Å². The van der Waals surface area contributed by atoms with Crippen molar-refractivity contribution >= 4 is 17.3 Å². The van der Waals surface area contributed by atoms with Crippen LogP contribution in [0, 0.1) is 0 Å². The molecule has 0 saturated carbocycles. The van der Waals surface area contributed by atoms with E-state index in [0.29, 0.717) is 5.92 Å². The predicted octanol–water partition coefficient (Wildman–Crippen LogP) is 2.30. The van der Waals surface area contributed by atoms with Gasteiger partial charge in [-0.05, 0) is 17.9 Å². The van der Waals surface area contributed by atoms with E-state index < -0.39 is 0 Å². The van der Waals surface area contributed by atoms with Crippen LogP contribution in [-0.4, -0.2) is 35.6 Å². The number of aromatic nitrogens is 2. The molecule has 0 amide bonds. The van der Waals surface area contributed by atoms with Gasteiger partial charge in [-0.15, -0.1) is 11.3 Å². The molecule has 0 aromatic carbocycles. The summed E-state index contributed by atoms with van der Waals surface area (Å²) in [7, 11) is 1.81. The zero-order valence-corrected chi connectivity index (χ0v) is 13.4. The number of nitrogens with zero attached hydrogens (tertiary/aromatic N) is 3. The van der Waals surface area contributed by atoms with Crippen molar-refractivity contribution in [2.45, 2.75) is 25.8 Å². The summed E-state index contributed by atoms with van der Waals surface area (Å²) in [4.78, 5) is 9.69. The predicted molar refractivity (Wildman–Crippen MR) is 88.9 cm³/mol. The highest BCUT2D eigenvalue weighted by Gasteiger charge is 2.07. The minimum absolute atomic E-state index is 0.495. The molecular formula is C15H23N5S. The maximum absolute atomic E-state index is 4.25. The van der Waals surface area contributed by atoms with Gasteiger partial charge < -0.3 is 15.2 Å². The molecule has 2 N–H and O–H groups in total. The first kappa shape index (κ1) is 15.6. The fourth-order valence-corrected chi connectivity index (χ4v) is 2.82. The number of aliphatic imine (C=N–C) groups is 1. The van der Waals surface area contributed by atoms with Gasteiger partial charge in [0.2, 0.25) is 0 Å². The Kier molecular flexibility index (Phi) is 6.27. The summed E-state index contributed by atoms with van der Waals surface area (Å²) < 4.78 is 2.08. The molecule has 0 spiro atoms. The van der Waals surface area contributed by atoms with Crippen molar-refractivity contribution in [1.82, 2.24) is 20.2 Å². The van der Waals surface area contributed by atoms with Gasteiger partial charge in [-0.2, -0.15) is 0 Å². The Morgan fingerprint density at radius 2 is 2.38 bits per heavy atom. The minimum Gasteiger partial charge on any atom is -0.356 e. The molecule has 0 saturated heterocycles. The Morgan fingerprint density at radius 3 is 3.05 bits per heavy atom. The van der Waals surface area contributed by atoms with E-state index in [2.05, 4.69) is 49.6 Å². The average Bonchev–Trinajstić information content (AvgIpc) is 3.19. The van der Waals surface area contributed by atoms with Crippen molar-refractivity contribution < 1.29 is 0 Å². The van der Waals surface area contributed by atoms with Crippen LogP contribution in [0.2, 0.25) is 0 Å². The zero-order chi connectivity index (χ0) is 14.9. The lowest BCUT2D eigenvalue weighted by Gasteiger charge is -2.15. The standard InChI is InChI=1S/C15H23N5S/c1-13(14-5-3-10-21-14)11-19-15(16-2)18-6-4-8-20-9-7-17-12-20/h3,5,7,9-10,12-13H,4,6,8,11H2,1-2H3,(H2,16,18,19). The molecule has 0 radical (unpaired) electrons. The third kappa shape index (κ3) is 5.23. The van der Waals surface area contributed by atoms with Gasteiger partial charge in [0.05, 0.1) is 6.33 Å². The second-order valence-corrected chi connectivity index (χ2v) is 5.93. The van der Waals surface area contributed by atoms with Gasteiger partial charge >= 0.3 is 0 Å². The highest BCUT2D eigenvalue weighted by molar-refractivity contribution is 7.10. The molecule has 114 valence electrons. The first-order valence-corrected chi connectivity index (χ1v) is 8.11. The van der Waals surface area contributed by atoms with Crippen LogP contribution >= 0.6 is 11.3 Å². The first-order valence-electron chi connectivity index (χ1n) is 7.23. The monoisotopic (exact) mass is 305 g/mol. The van der Waals surface area contributed by atoms with Gasteiger partial charge in [0.15, 0.2) is 5.96 Å². The van der Waals surface area contributed by atoms with E-state index in [1.54, 1.807) is 24.6 Å². The first-order chi connectivity index (χ1) is 10.3. The Labute approximate surface area is 130 Å². The lowest BCUT2D eigenvalue weighted by atomic mass is 10.1. The van der Waals surface area contributed by atoms with Gasteiger partial charge in [-0.1, -0.05) is 13.0 Å². The number of rotatable bonds is 7. The fourth-order valence-electron chi connectivity index (χ4n) is 2.03. The van der Waals surface area contributed by atoms with Crippen LogP contribution < -0.4 is 10.6 Å². The Hall–Kier alpha value is -1.82. The molecule has 6 heteroatoms. The van der Waals surface area contributed by atoms with E-state index >= 15 is 0 Å². The van der Waals surface area contributed by atoms with Crippen molar-refractivity contribution in [3.8, 4) is 0 Å². The van der Waals surface area contributed by atoms with Crippen molar-refractivity contribution in [1.29, 1.82) is 0 Å². The maximum Gasteiger partial charge on any atom is 0.190 e. The minimum atomic E-state index is 0.495. The summed E-state index contributed by atoms with van der Waals surface area (Å²) in [6, 6.07) is 4.28. The largest absolute Gasteiger partial charge is 0.356 e. The third-order valence-corrected chi connectivity index (χ3v) is 4.38. The van der Waals surface area contributed by atoms with Gasteiger partial charge in [-0.25, -0.2) is 4.98 Å². The van der Waals surface area contributed by atoms with E-state index in [1.807, 2.05) is 12.5 Å². The molecule has 2 heterocycles. The summed E-state index contributed by atoms with van der Waals surface area (Å²) in [5, 5.41) is 8.84. The summed E-state index contributed by atoms with van der Waals surface area (Å²) in [6.07, 6.45) is 6.67. The number of aryl methyl sites for hydroxylation is 1. The third-order valence-electron chi connectivity index (χ3n) is 3.27. The van der Waals surface area contributed by atoms with Crippen molar-refractivity contribution in [3.63, 3.8) is 0 Å². The molecular weight excluding hydrogens is 282 g/mol. The number of guanidine groups is 1. The zero-order valence-electron chi connectivity index (χ0n) is 12.6. The van der Waals surface area contributed by atoms with Gasteiger partial charge in [0.25, 0.3) is 0 Å². The van der Waals surface area contributed by atoms with E-state index in [-0.39, 0.29) is 0 Å². The number of nitrogens with one attached hydrogen (secondary N) is 2. The number of hydrogen-bond acceptors (Lipinski definition) is 3. The molecule has 2 aromatic heterocycles. The van der Waals surface area contributed by atoms with E-state index in [4.69, 9.17) is 0 Å². The van der Waals surface area contributed by atoms with Gasteiger partial charge in [0.1, 0.15) is 0 Å². The van der Waals surface area contributed by atoms with Crippen LogP contribution in [0.4, 0.5) is 0 Å². The average molecular weight is 305 g/mol. The highest BCUT2D eigenvalue weighted by atomic mass is 32.1. The Bertz CT molecular complexity index is 518. The molecule has 2 rings (SSSR count). The topological polar surface area (TPSA) is 54.2 Å². The van der Waals surface area contributed by atoms with Gasteiger partial charge in [-0.3, -0.25) is 4.99 Å². The van der Waals surface area contributed by atoms with Crippen LogP contribution in [-0.2, 0) is 6.54 Å². The van der Waals surface area contributed by atoms with Crippen LogP contribution in [0.25, 0.3) is 0 Å². The van der Waals surface area contributed by atoms with Crippen LogP contribution in [0.15, 0.2) is 41.2 Å². The number of thiophene rings is 1. The van der Waals surface area contributed by atoms with Crippen LogP contribution in [0.1, 0.15) is 24.1 Å². The summed E-state index contributed by atoms with van der Waals surface area (Å²) in [5.41, 5.74) is 0. The lowest BCUT2D eigenvalue weighted by Crippen LogP contribution is -2.39. The summed E-state index contributed by atoms with van der Waals surface area (Å²) in [5.74, 6) is 1.36. The molecule has 5 nitrogen and oxygen atoms in total. The maximum atomic E-state index is 4.25. The summed E-state index contributed by atoms with van der Waals surface area (Å²) in [6.45, 7) is 4.98. The van der Waals surface area contributed by atoms with E-state index in [1.165, 1.54) is 4.88 Å². The van der Waals surface area contributed by atoms with Crippen molar-refractivity contribution in [2.75, 3.05) is 20.1 Å². The van der Waals surface area contributed by atoms with Crippen molar-refractivity contribution in [3.05, 3.63) is 41.1 Å². The molecule has 1 unspecified atom stereocenters. The quantitative estimate of drug-likeness (QED) is 0.469. The molecule has 0 aliphatic heterocycles. The molecule has 2 aromatic rings. The van der Waals surface area contributed by atoms with Crippen molar-refractivity contribution in [2.24, 2.45) is 4.99 Å². The smallest absolute Gasteiger partial charge is 0.190 e. The molecule has 0 aliphatic rings. The molecule has 21 heavy (non-hydrogen) atoms. The Balaban J connectivity index is 1.64.